The molecule has 162 valence electrons. The topological polar surface area (TPSA) is 84.9 Å². The van der Waals surface area contributed by atoms with Crippen LogP contribution in [0.25, 0.3) is 0 Å². The highest BCUT2D eigenvalue weighted by Gasteiger charge is 2.26. The van der Waals surface area contributed by atoms with Gasteiger partial charge < -0.3 is 14.8 Å². The minimum Gasteiger partial charge on any atom is -0.493 e. The van der Waals surface area contributed by atoms with Crippen LogP contribution in [0.4, 0.5) is 5.69 Å². The molecule has 1 N–H and O–H groups in total. The number of benzene rings is 2. The number of carbonyl (C=O) groups is 1. The molecule has 7 nitrogen and oxygen atoms in total. The van der Waals surface area contributed by atoms with Gasteiger partial charge in [0.25, 0.3) is 0 Å². The lowest BCUT2D eigenvalue weighted by Gasteiger charge is -2.28. The first-order valence-corrected chi connectivity index (χ1v) is 11.6. The van der Waals surface area contributed by atoms with E-state index < -0.39 is 10.0 Å². The predicted molar refractivity (Wildman–Crippen MR) is 117 cm³/mol. The molecule has 2 aromatic rings. The van der Waals surface area contributed by atoms with E-state index in [1.165, 1.54) is 4.31 Å². The number of fused-ring (bicyclic) bond motifs is 1. The van der Waals surface area contributed by atoms with Gasteiger partial charge in [-0.1, -0.05) is 19.1 Å². The largest absolute Gasteiger partial charge is 0.493 e. The number of sulfonamides is 1. The molecule has 30 heavy (non-hydrogen) atoms. The zero-order valence-electron chi connectivity index (χ0n) is 17.6. The first-order valence-electron chi connectivity index (χ1n) is 9.96. The molecule has 0 aliphatic carbocycles. The van der Waals surface area contributed by atoms with Gasteiger partial charge in [-0.3, -0.25) is 4.79 Å². The summed E-state index contributed by atoms with van der Waals surface area (Å²) in [5.41, 5.74) is 3.52. The summed E-state index contributed by atoms with van der Waals surface area (Å²) in [6.45, 7) is 2.71. The smallest absolute Gasteiger partial charge is 0.228 e. The number of anilines is 1. The van der Waals surface area contributed by atoms with E-state index in [4.69, 9.17) is 9.47 Å². The van der Waals surface area contributed by atoms with Gasteiger partial charge in [0.05, 0.1) is 26.4 Å². The van der Waals surface area contributed by atoms with Crippen molar-refractivity contribution in [2.45, 2.75) is 32.7 Å². The zero-order valence-corrected chi connectivity index (χ0v) is 18.4. The molecule has 8 heteroatoms. The zero-order chi connectivity index (χ0) is 21.7. The molecular weight excluding hydrogens is 404 g/mol. The molecule has 0 bridgehead atoms. The molecule has 1 aliphatic rings. The average molecular weight is 433 g/mol. The molecule has 1 amide bonds. The number of nitrogens with zero attached hydrogens (tertiary/aromatic N) is 1. The van der Waals surface area contributed by atoms with Crippen LogP contribution in [0.15, 0.2) is 36.4 Å². The molecule has 1 aliphatic heterocycles. The van der Waals surface area contributed by atoms with Crippen LogP contribution in [0.3, 0.4) is 0 Å². The number of rotatable bonds is 8. The maximum atomic E-state index is 12.5. The van der Waals surface area contributed by atoms with E-state index in [1.54, 1.807) is 26.4 Å². The van der Waals surface area contributed by atoms with Crippen molar-refractivity contribution in [1.82, 2.24) is 4.31 Å². The fraction of sp³-hybridized carbons (Fsp3) is 0.409. The first-order chi connectivity index (χ1) is 14.4. The van der Waals surface area contributed by atoms with Crippen molar-refractivity contribution >= 4 is 21.6 Å². The average Bonchev–Trinajstić information content (AvgIpc) is 2.73. The summed E-state index contributed by atoms with van der Waals surface area (Å²) in [5, 5.41) is 2.91. The Bertz CT molecular complexity index is 1020. The molecule has 0 aromatic heterocycles. The maximum Gasteiger partial charge on any atom is 0.228 e. The fourth-order valence-corrected chi connectivity index (χ4v) is 5.09. The van der Waals surface area contributed by atoms with Crippen molar-refractivity contribution in [3.05, 3.63) is 53.1 Å². The van der Waals surface area contributed by atoms with E-state index in [0.717, 1.165) is 16.7 Å². The Labute approximate surface area is 178 Å². The van der Waals surface area contributed by atoms with Crippen LogP contribution in [0.1, 0.15) is 30.0 Å². The summed E-state index contributed by atoms with van der Waals surface area (Å²) in [7, 11) is -0.122. The van der Waals surface area contributed by atoms with Gasteiger partial charge in [0.15, 0.2) is 11.5 Å². The van der Waals surface area contributed by atoms with Gasteiger partial charge in [-0.05, 0) is 53.8 Å². The summed E-state index contributed by atoms with van der Waals surface area (Å²) < 4.78 is 36.8. The third-order valence-corrected chi connectivity index (χ3v) is 7.16. The molecule has 0 unspecified atom stereocenters. The van der Waals surface area contributed by atoms with Crippen molar-refractivity contribution in [2.75, 3.05) is 31.8 Å². The quantitative estimate of drug-likeness (QED) is 0.693. The Hall–Kier alpha value is -2.58. The number of hydrogen-bond acceptors (Lipinski definition) is 5. The summed E-state index contributed by atoms with van der Waals surface area (Å²) in [4.78, 5) is 12.5. The normalized spacial score (nSPS) is 14.1. The van der Waals surface area contributed by atoms with Crippen molar-refractivity contribution in [3.8, 4) is 11.5 Å². The first kappa shape index (κ1) is 22.1. The maximum absolute atomic E-state index is 12.5. The highest BCUT2D eigenvalue weighted by atomic mass is 32.2. The minimum atomic E-state index is -3.24. The van der Waals surface area contributed by atoms with E-state index in [2.05, 4.69) is 5.32 Å². The number of methoxy groups -OCH3 is 2. The summed E-state index contributed by atoms with van der Waals surface area (Å²) in [6, 6.07) is 11.1. The standard InChI is InChI=1S/C22H28N2O5S/c1-4-11-30(26,27)24-10-9-17-6-7-19(14-18(17)15-24)23-22(25)13-16-5-8-20(28-2)21(12-16)29-3/h5-8,12,14H,4,9-11,13,15H2,1-3H3,(H,23,25). The second-order valence-corrected chi connectivity index (χ2v) is 9.39. The van der Waals surface area contributed by atoms with Crippen LogP contribution in [-0.2, 0) is 34.2 Å². The Morgan fingerprint density at radius 2 is 1.83 bits per heavy atom. The lowest BCUT2D eigenvalue weighted by molar-refractivity contribution is -0.115. The van der Waals surface area contributed by atoms with Crippen LogP contribution in [-0.4, -0.2) is 45.1 Å². The lowest BCUT2D eigenvalue weighted by Crippen LogP contribution is -2.37. The highest BCUT2D eigenvalue weighted by molar-refractivity contribution is 7.89. The predicted octanol–water partition coefficient (Wildman–Crippen LogP) is 2.98. The third-order valence-electron chi connectivity index (χ3n) is 5.14. The van der Waals surface area contributed by atoms with Gasteiger partial charge >= 0.3 is 0 Å². The van der Waals surface area contributed by atoms with E-state index in [1.807, 2.05) is 31.2 Å². The van der Waals surface area contributed by atoms with Crippen molar-refractivity contribution in [2.24, 2.45) is 0 Å². The number of amides is 1. The molecule has 1 heterocycles. The molecule has 0 atom stereocenters. The molecule has 0 saturated heterocycles. The molecule has 3 rings (SSSR count). The monoisotopic (exact) mass is 432 g/mol. The SMILES string of the molecule is CCCS(=O)(=O)N1CCc2ccc(NC(=O)Cc3ccc(OC)c(OC)c3)cc2C1. The number of nitrogens with one attached hydrogen (secondary N) is 1. The van der Waals surface area contributed by atoms with Gasteiger partial charge in [-0.2, -0.15) is 4.31 Å². The summed E-state index contributed by atoms with van der Waals surface area (Å²) in [6.07, 6.45) is 1.46. The second-order valence-electron chi connectivity index (χ2n) is 7.30. The van der Waals surface area contributed by atoms with Crippen molar-refractivity contribution in [3.63, 3.8) is 0 Å². The van der Waals surface area contributed by atoms with Gasteiger partial charge in [-0.25, -0.2) is 8.42 Å². The molecule has 0 radical (unpaired) electrons. The summed E-state index contributed by atoms with van der Waals surface area (Å²) in [5.74, 6) is 1.18. The lowest BCUT2D eigenvalue weighted by atomic mass is 10.0. The van der Waals surface area contributed by atoms with Crippen LogP contribution < -0.4 is 14.8 Å². The van der Waals surface area contributed by atoms with Crippen LogP contribution >= 0.6 is 0 Å². The Morgan fingerprint density at radius 3 is 2.53 bits per heavy atom. The van der Waals surface area contributed by atoms with Crippen LogP contribution in [0.5, 0.6) is 11.5 Å². The fourth-order valence-electron chi connectivity index (χ4n) is 3.61. The van der Waals surface area contributed by atoms with Gasteiger partial charge in [0, 0.05) is 18.8 Å². The van der Waals surface area contributed by atoms with E-state index >= 15 is 0 Å². The van der Waals surface area contributed by atoms with Gasteiger partial charge in [0.1, 0.15) is 0 Å². The van der Waals surface area contributed by atoms with E-state index in [0.29, 0.717) is 43.1 Å². The van der Waals surface area contributed by atoms with Gasteiger partial charge in [0.2, 0.25) is 15.9 Å². The van der Waals surface area contributed by atoms with Crippen LogP contribution in [0, 0.1) is 0 Å². The van der Waals surface area contributed by atoms with Crippen molar-refractivity contribution in [1.29, 1.82) is 0 Å². The minimum absolute atomic E-state index is 0.157. The molecule has 0 fully saturated rings. The second kappa shape index (κ2) is 9.49. The molecular formula is C22H28N2O5S. The molecule has 0 saturated carbocycles. The highest BCUT2D eigenvalue weighted by Crippen LogP contribution is 2.28. The molecule has 0 spiro atoms. The number of carbonyl (C=O) groups excluding carboxylic acids is 1. The Balaban J connectivity index is 1.69. The van der Waals surface area contributed by atoms with Crippen molar-refractivity contribution < 1.29 is 22.7 Å². The van der Waals surface area contributed by atoms with E-state index in [9.17, 15) is 13.2 Å². The number of hydrogen-bond donors (Lipinski definition) is 1. The number of ether oxygens (including phenoxy) is 2. The van der Waals surface area contributed by atoms with E-state index in [-0.39, 0.29) is 18.1 Å². The Morgan fingerprint density at radius 1 is 1.07 bits per heavy atom. The summed E-state index contributed by atoms with van der Waals surface area (Å²) >= 11 is 0. The third kappa shape index (κ3) is 5.12. The van der Waals surface area contributed by atoms with Gasteiger partial charge in [-0.15, -0.1) is 0 Å². The molecule has 2 aromatic carbocycles. The van der Waals surface area contributed by atoms with Crippen LogP contribution in [0.2, 0.25) is 0 Å². The Kier molecular flexibility index (Phi) is 6.99.